The summed E-state index contributed by atoms with van der Waals surface area (Å²) in [6, 6.07) is 0. The number of hydrogen-bond acceptors (Lipinski definition) is 8. The highest BCUT2D eigenvalue weighted by atomic mass is 31.2. The molecule has 0 aliphatic rings. The Balaban J connectivity index is 4.07. The Bertz CT molecular complexity index is 576. The molecule has 0 bridgehead atoms. The van der Waals surface area contributed by atoms with Crippen LogP contribution in [0.1, 0.15) is 107 Å². The van der Waals surface area contributed by atoms with Gasteiger partial charge < -0.3 is 9.47 Å². The number of esters is 2. The largest absolute Gasteiger partial charge is 0.478 e. The second-order valence-electron chi connectivity index (χ2n) is 10.5. The lowest BCUT2D eigenvalue weighted by molar-refractivity contribution is -0.155. The summed E-state index contributed by atoms with van der Waals surface area (Å²) in [4.78, 5) is 23.5. The fraction of sp³-hybridized carbons (Fsp3) is 0.909. The van der Waals surface area contributed by atoms with Crippen LogP contribution in [-0.4, -0.2) is 35.5 Å². The zero-order valence-electron chi connectivity index (χ0n) is 20.9. The Kier molecular flexibility index (Phi) is 12.5. The van der Waals surface area contributed by atoms with Gasteiger partial charge in [0.15, 0.2) is 0 Å². The van der Waals surface area contributed by atoms with Gasteiger partial charge in [0.2, 0.25) is 6.79 Å². The van der Waals surface area contributed by atoms with E-state index in [1.807, 2.05) is 20.8 Å². The number of hydrogen-bond donors (Lipinski definition) is 0. The van der Waals surface area contributed by atoms with Gasteiger partial charge in [-0.25, -0.2) is 9.09 Å². The molecule has 0 unspecified atom stereocenters. The third-order valence-electron chi connectivity index (χ3n) is 3.38. The molecule has 0 atom stereocenters. The standard InChI is InChI=1S/C22H43O8P/c1-20(2,3)28-19(24)16-14-12-10-11-13-15-18(23)26-17-27-31(25,29-21(4,5)6)30-22(7,8)9/h10-17H2,1-9H3. The molecule has 0 aromatic carbocycles. The van der Waals surface area contributed by atoms with Crippen LogP contribution in [-0.2, 0) is 37.2 Å². The van der Waals surface area contributed by atoms with E-state index in [4.69, 9.17) is 23.0 Å². The van der Waals surface area contributed by atoms with Crippen molar-refractivity contribution in [1.29, 1.82) is 0 Å². The summed E-state index contributed by atoms with van der Waals surface area (Å²) in [5.41, 5.74) is -1.96. The second-order valence-corrected chi connectivity index (χ2v) is 12.0. The molecule has 184 valence electrons. The van der Waals surface area contributed by atoms with E-state index in [0.29, 0.717) is 12.8 Å². The van der Waals surface area contributed by atoms with Crippen molar-refractivity contribution in [2.45, 2.75) is 124 Å². The molecular formula is C22H43O8P. The number of carbonyl (C=O) groups excluding carboxylic acids is 2. The normalized spacial score (nSPS) is 13.2. The number of ether oxygens (including phenoxy) is 2. The minimum absolute atomic E-state index is 0.181. The second kappa shape index (κ2) is 12.9. The maximum Gasteiger partial charge on any atom is 0.478 e. The maximum absolute atomic E-state index is 12.8. The van der Waals surface area contributed by atoms with Gasteiger partial charge in [-0.05, 0) is 75.2 Å². The smallest absolute Gasteiger partial charge is 0.460 e. The summed E-state index contributed by atoms with van der Waals surface area (Å²) in [5, 5.41) is 0. The van der Waals surface area contributed by atoms with E-state index in [2.05, 4.69) is 0 Å². The van der Waals surface area contributed by atoms with E-state index in [0.717, 1.165) is 25.7 Å². The van der Waals surface area contributed by atoms with Gasteiger partial charge in [0.1, 0.15) is 5.60 Å². The zero-order chi connectivity index (χ0) is 24.3. The number of phosphoric ester groups is 1. The van der Waals surface area contributed by atoms with E-state index in [-0.39, 0.29) is 12.4 Å². The van der Waals surface area contributed by atoms with Crippen molar-refractivity contribution in [2.75, 3.05) is 6.79 Å². The highest BCUT2D eigenvalue weighted by Crippen LogP contribution is 2.55. The molecule has 0 aliphatic carbocycles. The van der Waals surface area contributed by atoms with Crippen LogP contribution in [0.25, 0.3) is 0 Å². The van der Waals surface area contributed by atoms with Gasteiger partial charge >= 0.3 is 19.8 Å². The van der Waals surface area contributed by atoms with Crippen LogP contribution in [0.15, 0.2) is 0 Å². The molecule has 0 saturated heterocycles. The molecular weight excluding hydrogens is 423 g/mol. The SMILES string of the molecule is CC(C)(C)OC(=O)CCCCCCCC(=O)OCOP(=O)(OC(C)(C)C)OC(C)(C)C. The Morgan fingerprint density at radius 2 is 1.06 bits per heavy atom. The Labute approximate surface area is 188 Å². The first kappa shape index (κ1) is 30.0. The van der Waals surface area contributed by atoms with Crippen LogP contribution in [0.3, 0.4) is 0 Å². The summed E-state index contributed by atoms with van der Waals surface area (Å²) in [6.07, 6.45) is 4.74. The van der Waals surface area contributed by atoms with E-state index < -0.39 is 37.4 Å². The lowest BCUT2D eigenvalue weighted by Crippen LogP contribution is -2.25. The topological polar surface area (TPSA) is 97.4 Å². The Hall–Kier alpha value is -0.950. The molecule has 8 nitrogen and oxygen atoms in total. The van der Waals surface area contributed by atoms with Gasteiger partial charge in [-0.15, -0.1) is 0 Å². The Morgan fingerprint density at radius 1 is 0.645 bits per heavy atom. The molecule has 0 N–H and O–H groups in total. The van der Waals surface area contributed by atoms with Crippen molar-refractivity contribution < 1.29 is 37.2 Å². The van der Waals surface area contributed by atoms with Gasteiger partial charge in [-0.2, -0.15) is 0 Å². The quantitative estimate of drug-likeness (QED) is 0.135. The Morgan fingerprint density at radius 3 is 1.48 bits per heavy atom. The van der Waals surface area contributed by atoms with Crippen molar-refractivity contribution >= 4 is 19.8 Å². The summed E-state index contributed by atoms with van der Waals surface area (Å²) in [7, 11) is -3.90. The maximum atomic E-state index is 12.8. The number of rotatable bonds is 13. The molecule has 0 aromatic heterocycles. The fourth-order valence-electron chi connectivity index (χ4n) is 2.43. The molecule has 0 radical (unpaired) electrons. The minimum atomic E-state index is -3.90. The van der Waals surface area contributed by atoms with Crippen molar-refractivity contribution in [3.05, 3.63) is 0 Å². The van der Waals surface area contributed by atoms with E-state index in [1.54, 1.807) is 41.5 Å². The fourth-order valence-corrected chi connectivity index (χ4v) is 4.10. The zero-order valence-corrected chi connectivity index (χ0v) is 21.8. The summed E-state index contributed by atoms with van der Waals surface area (Å²) >= 11 is 0. The van der Waals surface area contributed by atoms with Gasteiger partial charge in [0.05, 0.1) is 11.2 Å². The molecule has 0 saturated carbocycles. The lowest BCUT2D eigenvalue weighted by Gasteiger charge is -2.30. The highest BCUT2D eigenvalue weighted by molar-refractivity contribution is 7.48. The van der Waals surface area contributed by atoms with Crippen LogP contribution < -0.4 is 0 Å². The molecule has 0 spiro atoms. The van der Waals surface area contributed by atoms with Crippen molar-refractivity contribution in [2.24, 2.45) is 0 Å². The number of unbranched alkanes of at least 4 members (excludes halogenated alkanes) is 4. The van der Waals surface area contributed by atoms with Crippen LogP contribution in [0.2, 0.25) is 0 Å². The summed E-state index contributed by atoms with van der Waals surface area (Å²) in [6.45, 7) is 15.4. The first-order chi connectivity index (χ1) is 13.9. The van der Waals surface area contributed by atoms with Crippen LogP contribution >= 0.6 is 7.82 Å². The number of phosphoric acid groups is 1. The van der Waals surface area contributed by atoms with E-state index >= 15 is 0 Å². The molecule has 0 aromatic rings. The molecule has 0 heterocycles. The average molecular weight is 467 g/mol. The monoisotopic (exact) mass is 466 g/mol. The van der Waals surface area contributed by atoms with E-state index in [1.165, 1.54) is 0 Å². The predicted octanol–water partition coefficient (Wildman–Crippen LogP) is 6.31. The molecule has 31 heavy (non-hydrogen) atoms. The molecule has 9 heteroatoms. The number of carbonyl (C=O) groups is 2. The van der Waals surface area contributed by atoms with Gasteiger partial charge in [0.25, 0.3) is 0 Å². The van der Waals surface area contributed by atoms with Crippen LogP contribution in [0.5, 0.6) is 0 Å². The molecule has 0 rings (SSSR count). The van der Waals surface area contributed by atoms with Gasteiger partial charge in [-0.3, -0.25) is 18.6 Å². The highest BCUT2D eigenvalue weighted by Gasteiger charge is 2.37. The van der Waals surface area contributed by atoms with Gasteiger partial charge in [-0.1, -0.05) is 19.3 Å². The molecule has 0 amide bonds. The summed E-state index contributed by atoms with van der Waals surface area (Å²) in [5.74, 6) is -0.619. The first-order valence-corrected chi connectivity index (χ1v) is 12.4. The van der Waals surface area contributed by atoms with Crippen LogP contribution in [0.4, 0.5) is 0 Å². The molecule has 0 aliphatic heterocycles. The third kappa shape index (κ3) is 19.5. The average Bonchev–Trinajstić information content (AvgIpc) is 2.48. The van der Waals surface area contributed by atoms with Crippen molar-refractivity contribution in [1.82, 2.24) is 0 Å². The van der Waals surface area contributed by atoms with Crippen LogP contribution in [0, 0.1) is 0 Å². The van der Waals surface area contributed by atoms with E-state index in [9.17, 15) is 14.2 Å². The molecule has 0 fully saturated rings. The predicted molar refractivity (Wildman–Crippen MR) is 119 cm³/mol. The summed E-state index contributed by atoms with van der Waals surface area (Å²) < 4.78 is 39.2. The van der Waals surface area contributed by atoms with Crippen molar-refractivity contribution in [3.8, 4) is 0 Å². The first-order valence-electron chi connectivity index (χ1n) is 10.9. The third-order valence-corrected chi connectivity index (χ3v) is 5.35. The minimum Gasteiger partial charge on any atom is -0.460 e. The van der Waals surface area contributed by atoms with Gasteiger partial charge in [0, 0.05) is 12.8 Å². The lowest BCUT2D eigenvalue weighted by atomic mass is 10.1. The van der Waals surface area contributed by atoms with Crippen molar-refractivity contribution in [3.63, 3.8) is 0 Å².